The van der Waals surface area contributed by atoms with Crippen LogP contribution in [0.4, 0.5) is 0 Å². The first-order chi connectivity index (χ1) is 10.1. The van der Waals surface area contributed by atoms with E-state index in [4.69, 9.17) is 9.47 Å². The summed E-state index contributed by atoms with van der Waals surface area (Å²) in [5.74, 6) is 1.18. The third-order valence-electron chi connectivity index (χ3n) is 3.35. The molecule has 2 rings (SSSR count). The van der Waals surface area contributed by atoms with Gasteiger partial charge in [0, 0.05) is 19.0 Å². The fourth-order valence-corrected chi connectivity index (χ4v) is 2.09. The lowest BCUT2D eigenvalue weighted by Gasteiger charge is -2.25. The molecule has 6 nitrogen and oxygen atoms in total. The number of carbonyl (C=O) groups is 2. The second kappa shape index (κ2) is 6.97. The number of benzene rings is 1. The van der Waals surface area contributed by atoms with Gasteiger partial charge in [-0.15, -0.1) is 0 Å². The molecule has 0 saturated carbocycles. The smallest absolute Gasteiger partial charge is 0.261 e. The summed E-state index contributed by atoms with van der Waals surface area (Å²) < 4.78 is 10.6. The molecule has 1 fully saturated rings. The minimum atomic E-state index is -0.601. The highest BCUT2D eigenvalue weighted by Gasteiger charge is 2.22. The first-order valence-corrected chi connectivity index (χ1v) is 6.96. The average Bonchev–Trinajstić information content (AvgIpc) is 2.50. The van der Waals surface area contributed by atoms with Crippen molar-refractivity contribution in [1.29, 1.82) is 0 Å². The number of carbonyl (C=O) groups excluding carboxylic acids is 2. The standard InChI is InChI=1S/C15H20N2O4/c1-10(21-13-6-4-12(20-2)5-7-13)15(19)17-11-3-8-14(18)16-9-11/h4-7,10-11H,3,8-9H2,1-2H3,(H,16,18)(H,17,19). The Morgan fingerprint density at radius 1 is 1.33 bits per heavy atom. The third-order valence-corrected chi connectivity index (χ3v) is 3.35. The maximum atomic E-state index is 12.0. The number of methoxy groups -OCH3 is 1. The lowest BCUT2D eigenvalue weighted by molar-refractivity contribution is -0.129. The van der Waals surface area contributed by atoms with Gasteiger partial charge in [-0.2, -0.15) is 0 Å². The molecule has 1 aliphatic heterocycles. The van der Waals surface area contributed by atoms with E-state index in [2.05, 4.69) is 10.6 Å². The lowest BCUT2D eigenvalue weighted by Crippen LogP contribution is -2.50. The predicted octanol–water partition coefficient (Wildman–Crippen LogP) is 0.857. The van der Waals surface area contributed by atoms with E-state index in [1.807, 2.05) is 0 Å². The number of amides is 2. The highest BCUT2D eigenvalue weighted by atomic mass is 16.5. The summed E-state index contributed by atoms with van der Waals surface area (Å²) in [5.41, 5.74) is 0. The Hall–Kier alpha value is -2.24. The van der Waals surface area contributed by atoms with E-state index in [-0.39, 0.29) is 17.9 Å². The maximum absolute atomic E-state index is 12.0. The molecular weight excluding hydrogens is 272 g/mol. The maximum Gasteiger partial charge on any atom is 0.261 e. The fraction of sp³-hybridized carbons (Fsp3) is 0.467. The molecule has 1 saturated heterocycles. The predicted molar refractivity (Wildman–Crippen MR) is 77.3 cm³/mol. The molecule has 21 heavy (non-hydrogen) atoms. The highest BCUT2D eigenvalue weighted by molar-refractivity contribution is 5.82. The van der Waals surface area contributed by atoms with Gasteiger partial charge in [0.25, 0.3) is 5.91 Å². The number of ether oxygens (including phenoxy) is 2. The molecule has 6 heteroatoms. The average molecular weight is 292 g/mol. The van der Waals surface area contributed by atoms with Crippen LogP contribution >= 0.6 is 0 Å². The normalized spacial score (nSPS) is 19.3. The number of nitrogens with one attached hydrogen (secondary N) is 2. The van der Waals surface area contributed by atoms with Gasteiger partial charge in [-0.3, -0.25) is 9.59 Å². The van der Waals surface area contributed by atoms with Crippen molar-refractivity contribution in [3.63, 3.8) is 0 Å². The van der Waals surface area contributed by atoms with Gasteiger partial charge in [0.15, 0.2) is 6.10 Å². The third kappa shape index (κ3) is 4.37. The Balaban J connectivity index is 1.82. The molecular formula is C15H20N2O4. The van der Waals surface area contributed by atoms with Crippen molar-refractivity contribution in [3.8, 4) is 11.5 Å². The van der Waals surface area contributed by atoms with Gasteiger partial charge in [0.1, 0.15) is 11.5 Å². The van der Waals surface area contributed by atoms with Crippen LogP contribution < -0.4 is 20.1 Å². The van der Waals surface area contributed by atoms with Gasteiger partial charge in [0.2, 0.25) is 5.91 Å². The first kappa shape index (κ1) is 15.2. The highest BCUT2D eigenvalue weighted by Crippen LogP contribution is 2.18. The van der Waals surface area contributed by atoms with E-state index in [1.165, 1.54) is 0 Å². The molecule has 0 aromatic heterocycles. The van der Waals surface area contributed by atoms with Crippen LogP contribution in [0.5, 0.6) is 11.5 Å². The summed E-state index contributed by atoms with van der Waals surface area (Å²) in [5, 5.41) is 5.61. The van der Waals surface area contributed by atoms with Gasteiger partial charge in [0.05, 0.1) is 7.11 Å². The Bertz CT molecular complexity index is 491. The summed E-state index contributed by atoms with van der Waals surface area (Å²) in [6.07, 6.45) is 0.502. The molecule has 1 aromatic carbocycles. The second-order valence-corrected chi connectivity index (χ2v) is 4.98. The van der Waals surface area contributed by atoms with Crippen molar-refractivity contribution in [2.75, 3.05) is 13.7 Å². The Kier molecular flexibility index (Phi) is 5.03. The van der Waals surface area contributed by atoms with E-state index in [9.17, 15) is 9.59 Å². The molecule has 1 aromatic rings. The zero-order valence-corrected chi connectivity index (χ0v) is 12.2. The van der Waals surface area contributed by atoms with Crippen LogP contribution in [0.15, 0.2) is 24.3 Å². The van der Waals surface area contributed by atoms with Crippen LogP contribution in [-0.4, -0.2) is 37.6 Å². The van der Waals surface area contributed by atoms with E-state index in [0.29, 0.717) is 25.1 Å². The topological polar surface area (TPSA) is 76.7 Å². The summed E-state index contributed by atoms with van der Waals surface area (Å²) >= 11 is 0. The Morgan fingerprint density at radius 3 is 2.57 bits per heavy atom. The molecule has 2 unspecified atom stereocenters. The largest absolute Gasteiger partial charge is 0.497 e. The van der Waals surface area contributed by atoms with Crippen molar-refractivity contribution in [2.45, 2.75) is 31.9 Å². The molecule has 0 spiro atoms. The Labute approximate surface area is 123 Å². The van der Waals surface area contributed by atoms with E-state index >= 15 is 0 Å². The quantitative estimate of drug-likeness (QED) is 0.844. The van der Waals surface area contributed by atoms with Crippen molar-refractivity contribution >= 4 is 11.8 Å². The van der Waals surface area contributed by atoms with Crippen LogP contribution in [0.3, 0.4) is 0 Å². The molecule has 2 amide bonds. The van der Waals surface area contributed by atoms with Crippen LogP contribution in [0.1, 0.15) is 19.8 Å². The summed E-state index contributed by atoms with van der Waals surface area (Å²) in [7, 11) is 1.59. The van der Waals surface area contributed by atoms with Crippen LogP contribution in [0.25, 0.3) is 0 Å². The molecule has 0 radical (unpaired) electrons. The monoisotopic (exact) mass is 292 g/mol. The van der Waals surface area contributed by atoms with Gasteiger partial charge in [-0.1, -0.05) is 0 Å². The van der Waals surface area contributed by atoms with Crippen molar-refractivity contribution < 1.29 is 19.1 Å². The van der Waals surface area contributed by atoms with Gasteiger partial charge >= 0.3 is 0 Å². The molecule has 0 bridgehead atoms. The van der Waals surface area contributed by atoms with Gasteiger partial charge in [-0.05, 0) is 37.6 Å². The molecule has 2 N–H and O–H groups in total. The number of rotatable bonds is 5. The minimum Gasteiger partial charge on any atom is -0.497 e. The first-order valence-electron chi connectivity index (χ1n) is 6.96. The summed E-state index contributed by atoms with van der Waals surface area (Å²) in [4.78, 5) is 23.1. The minimum absolute atomic E-state index is 0.0304. The summed E-state index contributed by atoms with van der Waals surface area (Å²) in [6.45, 7) is 2.17. The van der Waals surface area contributed by atoms with Gasteiger partial charge < -0.3 is 20.1 Å². The van der Waals surface area contributed by atoms with E-state index in [0.717, 1.165) is 5.75 Å². The summed E-state index contributed by atoms with van der Waals surface area (Å²) in [6, 6.07) is 7.03. The second-order valence-electron chi connectivity index (χ2n) is 4.98. The number of piperidine rings is 1. The van der Waals surface area contributed by atoms with E-state index in [1.54, 1.807) is 38.3 Å². The number of hydrogen-bond acceptors (Lipinski definition) is 4. The van der Waals surface area contributed by atoms with Crippen LogP contribution in [-0.2, 0) is 9.59 Å². The van der Waals surface area contributed by atoms with E-state index < -0.39 is 6.10 Å². The van der Waals surface area contributed by atoms with Crippen molar-refractivity contribution in [3.05, 3.63) is 24.3 Å². The molecule has 0 aliphatic carbocycles. The molecule has 1 heterocycles. The Morgan fingerprint density at radius 2 is 2.00 bits per heavy atom. The molecule has 1 aliphatic rings. The zero-order valence-electron chi connectivity index (χ0n) is 12.2. The van der Waals surface area contributed by atoms with Crippen molar-refractivity contribution in [1.82, 2.24) is 10.6 Å². The molecule has 2 atom stereocenters. The van der Waals surface area contributed by atoms with Crippen LogP contribution in [0.2, 0.25) is 0 Å². The SMILES string of the molecule is COc1ccc(OC(C)C(=O)NC2CCC(=O)NC2)cc1. The van der Waals surface area contributed by atoms with Crippen molar-refractivity contribution in [2.24, 2.45) is 0 Å². The lowest BCUT2D eigenvalue weighted by atomic mass is 10.1. The fourth-order valence-electron chi connectivity index (χ4n) is 2.09. The van der Waals surface area contributed by atoms with Crippen LogP contribution in [0, 0.1) is 0 Å². The molecule has 114 valence electrons. The van der Waals surface area contributed by atoms with Gasteiger partial charge in [-0.25, -0.2) is 0 Å². The zero-order chi connectivity index (χ0) is 15.2. The number of hydrogen-bond donors (Lipinski definition) is 2.